The van der Waals surface area contributed by atoms with Crippen LogP contribution in [0.5, 0.6) is 0 Å². The SMILES string of the molecule is CCCCCC(CCC)c1cccc(P(O)(O)(O)C(CCC)CCCCC)c1C(CCC)CCCCC. The van der Waals surface area contributed by atoms with Gasteiger partial charge in [-0.15, -0.1) is 0 Å². The van der Waals surface area contributed by atoms with Gasteiger partial charge in [-0.25, -0.2) is 0 Å². The van der Waals surface area contributed by atoms with E-state index < -0.39 is 12.9 Å². The third-order valence-corrected chi connectivity index (χ3v) is 11.6. The van der Waals surface area contributed by atoms with Crippen molar-refractivity contribution >= 4 is 12.6 Å². The van der Waals surface area contributed by atoms with Crippen LogP contribution in [0.15, 0.2) is 18.2 Å². The standard InChI is InChI=1S/C33H63O3P/c1-7-13-16-23-28(20-10-4)31-26-19-27-32(33(31)29(21-11-5)24-17-14-8-2)37(34,35,36)30(22-12-6)25-18-15-9-3/h19,26-30,34-36H,7-18,20-25H2,1-6H3. The molecular formula is C33H63O3P. The molecule has 1 aromatic rings. The zero-order valence-electron chi connectivity index (χ0n) is 25.5. The second-order valence-corrected chi connectivity index (χ2v) is 15.0. The number of hydrogen-bond donors (Lipinski definition) is 3. The van der Waals surface area contributed by atoms with Crippen LogP contribution in [-0.2, 0) is 0 Å². The first kappa shape index (κ1) is 34.6. The fourth-order valence-electron chi connectivity index (χ4n) is 6.39. The molecule has 3 nitrogen and oxygen atoms in total. The summed E-state index contributed by atoms with van der Waals surface area (Å²) in [5.41, 5.74) is 1.93. The first-order valence-electron chi connectivity index (χ1n) is 16.1. The van der Waals surface area contributed by atoms with Crippen LogP contribution in [0.3, 0.4) is 0 Å². The Balaban J connectivity index is 3.78. The van der Waals surface area contributed by atoms with Gasteiger partial charge in [0, 0.05) is 0 Å². The van der Waals surface area contributed by atoms with Crippen LogP contribution in [0.2, 0.25) is 0 Å². The molecule has 0 saturated carbocycles. The molecule has 0 heterocycles. The molecule has 0 fully saturated rings. The van der Waals surface area contributed by atoms with Gasteiger partial charge in [-0.2, -0.15) is 0 Å². The summed E-state index contributed by atoms with van der Waals surface area (Å²) in [6.45, 7) is 13.3. The summed E-state index contributed by atoms with van der Waals surface area (Å²) in [4.78, 5) is 36.3. The molecule has 0 bridgehead atoms. The second kappa shape index (κ2) is 18.0. The summed E-state index contributed by atoms with van der Waals surface area (Å²) in [5, 5.41) is 0.505. The normalized spacial score (nSPS) is 15.8. The van der Waals surface area contributed by atoms with Crippen molar-refractivity contribution in [1.29, 1.82) is 0 Å². The third kappa shape index (κ3) is 10.6. The molecule has 0 amide bonds. The van der Waals surface area contributed by atoms with Crippen LogP contribution in [0, 0.1) is 0 Å². The molecule has 4 heteroatoms. The molecule has 0 radical (unpaired) electrons. The van der Waals surface area contributed by atoms with Crippen molar-refractivity contribution in [2.45, 2.75) is 175 Å². The maximum absolute atomic E-state index is 12.1. The van der Waals surface area contributed by atoms with Gasteiger partial charge in [0.05, 0.1) is 0 Å². The number of unbranched alkanes of at least 4 members (excludes halogenated alkanes) is 6. The first-order chi connectivity index (χ1) is 17.7. The van der Waals surface area contributed by atoms with Crippen molar-refractivity contribution in [2.24, 2.45) is 0 Å². The summed E-state index contributed by atoms with van der Waals surface area (Å²) in [7, 11) is -5.11. The Morgan fingerprint density at radius 2 is 1.03 bits per heavy atom. The van der Waals surface area contributed by atoms with E-state index in [0.717, 1.165) is 76.2 Å². The van der Waals surface area contributed by atoms with E-state index in [1.807, 2.05) is 12.1 Å². The predicted molar refractivity (Wildman–Crippen MR) is 166 cm³/mol. The van der Waals surface area contributed by atoms with Crippen LogP contribution in [0.25, 0.3) is 0 Å². The Kier molecular flexibility index (Phi) is 16.8. The molecule has 3 unspecified atom stereocenters. The fraction of sp³-hybridized carbons (Fsp3) is 0.818. The molecule has 1 aromatic carbocycles. The van der Waals surface area contributed by atoms with Crippen LogP contribution >= 0.6 is 7.28 Å². The predicted octanol–water partition coefficient (Wildman–Crippen LogP) is 10.3. The molecule has 3 atom stereocenters. The summed E-state index contributed by atoms with van der Waals surface area (Å²) >= 11 is 0. The van der Waals surface area contributed by atoms with Crippen LogP contribution < -0.4 is 5.30 Å². The Hall–Kier alpha value is -0.470. The Bertz CT molecular complexity index is 724. The van der Waals surface area contributed by atoms with Crippen LogP contribution in [0.4, 0.5) is 0 Å². The van der Waals surface area contributed by atoms with Crippen molar-refractivity contribution in [3.63, 3.8) is 0 Å². The Labute approximate surface area is 231 Å². The maximum atomic E-state index is 12.1. The van der Waals surface area contributed by atoms with E-state index in [2.05, 4.69) is 47.6 Å². The summed E-state index contributed by atoms with van der Waals surface area (Å²) in [5.74, 6) is 0.674. The molecule has 37 heavy (non-hydrogen) atoms. The molecular weight excluding hydrogens is 475 g/mol. The summed E-state index contributed by atoms with van der Waals surface area (Å²) in [6.07, 6.45) is 18.9. The number of hydrogen-bond acceptors (Lipinski definition) is 3. The molecule has 1 rings (SSSR count). The average Bonchev–Trinajstić information content (AvgIpc) is 2.87. The summed E-state index contributed by atoms with van der Waals surface area (Å²) < 4.78 is 0. The fourth-order valence-corrected chi connectivity index (χ4v) is 9.32. The topological polar surface area (TPSA) is 60.7 Å². The van der Waals surface area contributed by atoms with E-state index >= 15 is 0 Å². The molecule has 0 aliphatic heterocycles. The Morgan fingerprint density at radius 1 is 0.541 bits per heavy atom. The van der Waals surface area contributed by atoms with Gasteiger partial charge in [0.25, 0.3) is 0 Å². The quantitative estimate of drug-likeness (QED) is 0.102. The minimum absolute atomic E-state index is 0.263. The van der Waals surface area contributed by atoms with Crippen LogP contribution in [0.1, 0.15) is 180 Å². The van der Waals surface area contributed by atoms with E-state index in [0.29, 0.717) is 24.1 Å². The van der Waals surface area contributed by atoms with Gasteiger partial charge in [-0.05, 0) is 0 Å². The van der Waals surface area contributed by atoms with E-state index in [4.69, 9.17) is 0 Å². The van der Waals surface area contributed by atoms with Crippen molar-refractivity contribution in [2.75, 3.05) is 0 Å². The molecule has 3 N–H and O–H groups in total. The number of benzene rings is 1. The van der Waals surface area contributed by atoms with Gasteiger partial charge >= 0.3 is 231 Å². The van der Waals surface area contributed by atoms with E-state index in [9.17, 15) is 14.7 Å². The van der Waals surface area contributed by atoms with Crippen LogP contribution in [-0.4, -0.2) is 20.3 Å². The summed E-state index contributed by atoms with van der Waals surface area (Å²) in [6, 6.07) is 6.15. The van der Waals surface area contributed by atoms with Gasteiger partial charge in [0.2, 0.25) is 0 Å². The van der Waals surface area contributed by atoms with Gasteiger partial charge < -0.3 is 0 Å². The number of rotatable bonds is 22. The van der Waals surface area contributed by atoms with Crippen molar-refractivity contribution in [3.8, 4) is 0 Å². The van der Waals surface area contributed by atoms with Gasteiger partial charge in [0.1, 0.15) is 0 Å². The monoisotopic (exact) mass is 538 g/mol. The molecule has 0 aromatic heterocycles. The van der Waals surface area contributed by atoms with Crippen molar-refractivity contribution in [3.05, 3.63) is 29.3 Å². The Morgan fingerprint density at radius 3 is 1.54 bits per heavy atom. The van der Waals surface area contributed by atoms with E-state index in [1.165, 1.54) is 37.7 Å². The second-order valence-electron chi connectivity index (χ2n) is 11.7. The van der Waals surface area contributed by atoms with E-state index in [1.54, 1.807) is 0 Å². The zero-order chi connectivity index (χ0) is 27.8. The third-order valence-electron chi connectivity index (χ3n) is 8.45. The van der Waals surface area contributed by atoms with Crippen molar-refractivity contribution in [1.82, 2.24) is 0 Å². The first-order valence-corrected chi connectivity index (χ1v) is 18.3. The zero-order valence-corrected chi connectivity index (χ0v) is 26.4. The molecule has 0 aliphatic rings. The van der Waals surface area contributed by atoms with E-state index in [-0.39, 0.29) is 5.92 Å². The minimum atomic E-state index is -5.11. The average molecular weight is 539 g/mol. The molecule has 0 saturated heterocycles. The van der Waals surface area contributed by atoms with Gasteiger partial charge in [0.15, 0.2) is 0 Å². The van der Waals surface area contributed by atoms with Gasteiger partial charge in [-0.1, -0.05) is 0 Å². The van der Waals surface area contributed by atoms with Crippen molar-refractivity contribution < 1.29 is 14.7 Å². The molecule has 218 valence electrons. The molecule has 0 aliphatic carbocycles. The molecule has 0 spiro atoms. The van der Waals surface area contributed by atoms with Gasteiger partial charge in [-0.3, -0.25) is 0 Å².